The zero-order chi connectivity index (χ0) is 12.7. The molecule has 4 nitrogen and oxygen atoms in total. The first kappa shape index (κ1) is 13.6. The van der Waals surface area contributed by atoms with E-state index in [0.717, 1.165) is 30.4 Å². The summed E-state index contributed by atoms with van der Waals surface area (Å²) < 4.78 is 0. The highest BCUT2D eigenvalue weighted by Gasteiger charge is 2.12. The van der Waals surface area contributed by atoms with Gasteiger partial charge < -0.3 is 11.1 Å². The average Bonchev–Trinajstić information content (AvgIpc) is 2.34. The number of hydrogen-bond acceptors (Lipinski definition) is 3. The van der Waals surface area contributed by atoms with Crippen molar-refractivity contribution in [2.75, 3.05) is 0 Å². The Morgan fingerprint density at radius 1 is 1.59 bits per heavy atom. The first-order chi connectivity index (χ1) is 8.15. The highest BCUT2D eigenvalue weighted by atomic mass is 16.2. The lowest BCUT2D eigenvalue weighted by atomic mass is 10.1. The van der Waals surface area contributed by atoms with Crippen LogP contribution >= 0.6 is 0 Å². The quantitative estimate of drug-likeness (QED) is 0.785. The van der Waals surface area contributed by atoms with Crippen LogP contribution in [0.3, 0.4) is 0 Å². The van der Waals surface area contributed by atoms with Gasteiger partial charge in [-0.15, -0.1) is 0 Å². The molecule has 1 heterocycles. The predicted octanol–water partition coefficient (Wildman–Crippen LogP) is 1.52. The molecule has 0 aliphatic carbocycles. The monoisotopic (exact) mass is 235 g/mol. The minimum Gasteiger partial charge on any atom is -0.351 e. The number of amides is 1. The van der Waals surface area contributed by atoms with Crippen molar-refractivity contribution in [2.24, 2.45) is 5.73 Å². The maximum absolute atomic E-state index is 11.7. The molecule has 0 spiro atoms. The van der Waals surface area contributed by atoms with Crippen molar-refractivity contribution >= 4 is 5.91 Å². The fourth-order valence-corrected chi connectivity index (χ4v) is 1.57. The van der Waals surface area contributed by atoms with Gasteiger partial charge in [0.25, 0.3) is 0 Å². The van der Waals surface area contributed by atoms with Gasteiger partial charge in [0, 0.05) is 18.9 Å². The number of aryl methyl sites for hydroxylation is 1. The third-order valence-electron chi connectivity index (χ3n) is 2.80. The van der Waals surface area contributed by atoms with Crippen LogP contribution in [-0.2, 0) is 11.3 Å². The first-order valence-corrected chi connectivity index (χ1v) is 6.08. The Balaban J connectivity index is 2.40. The van der Waals surface area contributed by atoms with E-state index in [1.165, 1.54) is 0 Å². The van der Waals surface area contributed by atoms with Crippen LogP contribution in [-0.4, -0.2) is 16.9 Å². The molecule has 0 bridgehead atoms. The number of nitrogens with two attached hydrogens (primary N) is 1. The zero-order valence-electron chi connectivity index (χ0n) is 10.6. The third-order valence-corrected chi connectivity index (χ3v) is 2.80. The fourth-order valence-electron chi connectivity index (χ4n) is 1.57. The summed E-state index contributed by atoms with van der Waals surface area (Å²) in [6.07, 6.45) is 6.31. The average molecular weight is 235 g/mol. The van der Waals surface area contributed by atoms with E-state index in [1.807, 2.05) is 13.0 Å². The van der Waals surface area contributed by atoms with E-state index >= 15 is 0 Å². The van der Waals surface area contributed by atoms with Gasteiger partial charge in [-0.1, -0.05) is 19.8 Å². The summed E-state index contributed by atoms with van der Waals surface area (Å²) in [7, 11) is 0. The van der Waals surface area contributed by atoms with Crippen molar-refractivity contribution in [2.45, 2.75) is 45.7 Å². The van der Waals surface area contributed by atoms with Crippen LogP contribution in [0.2, 0.25) is 0 Å². The second-order valence-electron chi connectivity index (χ2n) is 4.27. The molecular weight excluding hydrogens is 214 g/mol. The highest BCUT2D eigenvalue weighted by molar-refractivity contribution is 5.81. The Labute approximate surface area is 103 Å². The lowest BCUT2D eigenvalue weighted by molar-refractivity contribution is -0.122. The van der Waals surface area contributed by atoms with E-state index in [0.29, 0.717) is 6.54 Å². The molecule has 0 aromatic carbocycles. The molecule has 1 atom stereocenters. The molecule has 0 saturated heterocycles. The van der Waals surface area contributed by atoms with Gasteiger partial charge in [-0.3, -0.25) is 9.78 Å². The summed E-state index contributed by atoms with van der Waals surface area (Å²) in [5.74, 6) is -0.0744. The van der Waals surface area contributed by atoms with E-state index in [4.69, 9.17) is 5.73 Å². The molecule has 4 heteroatoms. The molecule has 1 amide bonds. The van der Waals surface area contributed by atoms with Crippen molar-refractivity contribution in [3.05, 3.63) is 29.6 Å². The minimum absolute atomic E-state index is 0.0744. The summed E-state index contributed by atoms with van der Waals surface area (Å²) in [6.45, 7) is 4.59. The van der Waals surface area contributed by atoms with Gasteiger partial charge in [0.2, 0.25) is 5.91 Å². The van der Waals surface area contributed by atoms with Crippen LogP contribution in [0.1, 0.15) is 37.3 Å². The SMILES string of the molecule is CCCC[C@H](N)C(=O)NCc1ccncc1C. The molecule has 0 aliphatic rings. The maximum atomic E-state index is 11.7. The van der Waals surface area contributed by atoms with Gasteiger partial charge >= 0.3 is 0 Å². The summed E-state index contributed by atoms with van der Waals surface area (Å²) in [6, 6.07) is 1.52. The largest absolute Gasteiger partial charge is 0.351 e. The molecule has 0 aliphatic heterocycles. The third kappa shape index (κ3) is 4.53. The van der Waals surface area contributed by atoms with Crippen LogP contribution in [0.5, 0.6) is 0 Å². The number of pyridine rings is 1. The molecule has 0 saturated carbocycles. The van der Waals surface area contributed by atoms with Crippen molar-refractivity contribution in [3.63, 3.8) is 0 Å². The second-order valence-corrected chi connectivity index (χ2v) is 4.27. The van der Waals surface area contributed by atoms with Crippen LogP contribution in [0.25, 0.3) is 0 Å². The Kier molecular flexibility index (Phi) is 5.63. The molecule has 3 N–H and O–H groups in total. The molecule has 1 rings (SSSR count). The number of carbonyl (C=O) groups excluding carboxylic acids is 1. The van der Waals surface area contributed by atoms with Crippen molar-refractivity contribution in [1.29, 1.82) is 0 Å². The van der Waals surface area contributed by atoms with Crippen molar-refractivity contribution in [3.8, 4) is 0 Å². The fraction of sp³-hybridized carbons (Fsp3) is 0.538. The van der Waals surface area contributed by atoms with Gasteiger partial charge in [0.15, 0.2) is 0 Å². The zero-order valence-corrected chi connectivity index (χ0v) is 10.6. The normalized spacial score (nSPS) is 12.2. The standard InChI is InChI=1S/C13H21N3O/c1-3-4-5-12(14)13(17)16-9-11-6-7-15-8-10(11)2/h6-8,12H,3-5,9,14H2,1-2H3,(H,16,17)/t12-/m0/s1. The Morgan fingerprint density at radius 2 is 2.35 bits per heavy atom. The number of rotatable bonds is 6. The summed E-state index contributed by atoms with van der Waals surface area (Å²) in [5, 5.41) is 2.86. The lowest BCUT2D eigenvalue weighted by Crippen LogP contribution is -2.40. The van der Waals surface area contributed by atoms with E-state index in [-0.39, 0.29) is 5.91 Å². The first-order valence-electron chi connectivity index (χ1n) is 6.08. The summed E-state index contributed by atoms with van der Waals surface area (Å²) in [4.78, 5) is 15.7. The molecule has 1 aromatic heterocycles. The van der Waals surface area contributed by atoms with Crippen LogP contribution in [0.15, 0.2) is 18.5 Å². The van der Waals surface area contributed by atoms with Gasteiger partial charge in [-0.05, 0) is 30.5 Å². The number of hydrogen-bond donors (Lipinski definition) is 2. The van der Waals surface area contributed by atoms with Crippen LogP contribution in [0.4, 0.5) is 0 Å². The van der Waals surface area contributed by atoms with E-state index in [9.17, 15) is 4.79 Å². The molecule has 17 heavy (non-hydrogen) atoms. The predicted molar refractivity (Wildman–Crippen MR) is 68.3 cm³/mol. The Hall–Kier alpha value is -1.42. The van der Waals surface area contributed by atoms with Gasteiger partial charge in [-0.2, -0.15) is 0 Å². The number of nitrogens with one attached hydrogen (secondary N) is 1. The van der Waals surface area contributed by atoms with Crippen molar-refractivity contribution < 1.29 is 4.79 Å². The van der Waals surface area contributed by atoms with Gasteiger partial charge in [-0.25, -0.2) is 0 Å². The maximum Gasteiger partial charge on any atom is 0.237 e. The summed E-state index contributed by atoms with van der Waals surface area (Å²) in [5.41, 5.74) is 7.94. The lowest BCUT2D eigenvalue weighted by Gasteiger charge is -2.12. The van der Waals surface area contributed by atoms with E-state index in [1.54, 1.807) is 12.4 Å². The second kappa shape index (κ2) is 7.01. The minimum atomic E-state index is -0.392. The number of aromatic nitrogens is 1. The summed E-state index contributed by atoms with van der Waals surface area (Å²) >= 11 is 0. The molecule has 0 fully saturated rings. The number of unbranched alkanes of at least 4 members (excludes halogenated alkanes) is 1. The van der Waals surface area contributed by atoms with Crippen LogP contribution < -0.4 is 11.1 Å². The van der Waals surface area contributed by atoms with Gasteiger partial charge in [0.1, 0.15) is 0 Å². The smallest absolute Gasteiger partial charge is 0.237 e. The molecular formula is C13H21N3O. The molecule has 94 valence electrons. The Morgan fingerprint density at radius 3 is 3.00 bits per heavy atom. The molecule has 1 aromatic rings. The molecule has 0 unspecified atom stereocenters. The molecule has 0 radical (unpaired) electrons. The Bertz CT molecular complexity index is 365. The van der Waals surface area contributed by atoms with E-state index in [2.05, 4.69) is 17.2 Å². The van der Waals surface area contributed by atoms with Crippen molar-refractivity contribution in [1.82, 2.24) is 10.3 Å². The topological polar surface area (TPSA) is 68.0 Å². The van der Waals surface area contributed by atoms with E-state index < -0.39 is 6.04 Å². The van der Waals surface area contributed by atoms with Crippen LogP contribution in [0, 0.1) is 6.92 Å². The van der Waals surface area contributed by atoms with Gasteiger partial charge in [0.05, 0.1) is 6.04 Å². The number of nitrogens with zero attached hydrogens (tertiary/aromatic N) is 1. The number of carbonyl (C=O) groups is 1. The highest BCUT2D eigenvalue weighted by Crippen LogP contribution is 2.04.